The van der Waals surface area contributed by atoms with Crippen molar-refractivity contribution >= 4 is 17.5 Å². The Balaban J connectivity index is 2.18. The molecule has 20 heavy (non-hydrogen) atoms. The van der Waals surface area contributed by atoms with E-state index < -0.39 is 0 Å². The van der Waals surface area contributed by atoms with Crippen LogP contribution in [-0.2, 0) is 4.84 Å². The highest BCUT2D eigenvalue weighted by molar-refractivity contribution is 6.31. The molecule has 110 valence electrons. The molecule has 1 amide bonds. The molecule has 0 unspecified atom stereocenters. The molecular weight excluding hydrogens is 274 g/mol. The van der Waals surface area contributed by atoms with Crippen molar-refractivity contribution in [1.82, 2.24) is 5.06 Å². The molecule has 1 aliphatic rings. The number of amides is 1. The highest BCUT2D eigenvalue weighted by atomic mass is 35.5. The van der Waals surface area contributed by atoms with Gasteiger partial charge in [-0.1, -0.05) is 38.4 Å². The van der Waals surface area contributed by atoms with Gasteiger partial charge in [-0.25, -0.2) is 5.06 Å². The number of hydrogen-bond acceptors (Lipinski definition) is 2. The van der Waals surface area contributed by atoms with Crippen LogP contribution in [0, 0.1) is 11.3 Å². The number of nitrogens with zero attached hydrogens (tertiary/aromatic N) is 1. The second-order valence-electron chi connectivity index (χ2n) is 6.54. The van der Waals surface area contributed by atoms with Crippen LogP contribution in [0.15, 0.2) is 18.2 Å². The van der Waals surface area contributed by atoms with Crippen LogP contribution in [0.25, 0.3) is 0 Å². The fourth-order valence-electron chi connectivity index (χ4n) is 2.72. The van der Waals surface area contributed by atoms with Gasteiger partial charge in [0.2, 0.25) is 0 Å². The highest BCUT2D eigenvalue weighted by Crippen LogP contribution is 2.57. The molecule has 2 atom stereocenters. The van der Waals surface area contributed by atoms with E-state index in [2.05, 4.69) is 20.8 Å². The fourth-order valence-corrected chi connectivity index (χ4v) is 3.04. The van der Waals surface area contributed by atoms with Gasteiger partial charge in [0.25, 0.3) is 5.91 Å². The van der Waals surface area contributed by atoms with Crippen LogP contribution < -0.4 is 0 Å². The van der Waals surface area contributed by atoms with Crippen LogP contribution in [0.5, 0.6) is 0 Å². The summed E-state index contributed by atoms with van der Waals surface area (Å²) >= 11 is 6.36. The second kappa shape index (κ2) is 5.38. The van der Waals surface area contributed by atoms with Gasteiger partial charge in [0.15, 0.2) is 0 Å². The molecule has 1 aromatic rings. The maximum atomic E-state index is 12.0. The Bertz CT molecular complexity index is 522. The van der Waals surface area contributed by atoms with Gasteiger partial charge in [-0.15, -0.1) is 0 Å². The van der Waals surface area contributed by atoms with Crippen molar-refractivity contribution < 1.29 is 9.63 Å². The number of benzene rings is 1. The SMILES string of the molecule is CON(C)C(=O)c1ccc([C@@H]2C[C@H]2C(C)(C)C)c(Cl)c1. The molecule has 0 aromatic heterocycles. The summed E-state index contributed by atoms with van der Waals surface area (Å²) in [5.74, 6) is 0.999. The van der Waals surface area contributed by atoms with Crippen molar-refractivity contribution in [1.29, 1.82) is 0 Å². The summed E-state index contributed by atoms with van der Waals surface area (Å²) in [6.45, 7) is 6.78. The molecular formula is C16H22ClNO2. The molecule has 0 radical (unpaired) electrons. The third kappa shape index (κ3) is 2.99. The molecule has 1 saturated carbocycles. The molecule has 0 spiro atoms. The minimum absolute atomic E-state index is 0.191. The van der Waals surface area contributed by atoms with E-state index in [1.807, 2.05) is 12.1 Å². The van der Waals surface area contributed by atoms with E-state index >= 15 is 0 Å². The van der Waals surface area contributed by atoms with Gasteiger partial charge in [-0.05, 0) is 41.4 Å². The molecule has 2 rings (SSSR count). The van der Waals surface area contributed by atoms with Crippen LogP contribution in [0.3, 0.4) is 0 Å². The van der Waals surface area contributed by atoms with Gasteiger partial charge < -0.3 is 0 Å². The molecule has 1 aromatic carbocycles. The summed E-state index contributed by atoms with van der Waals surface area (Å²) in [5, 5.41) is 1.87. The van der Waals surface area contributed by atoms with Gasteiger partial charge in [-0.3, -0.25) is 9.63 Å². The van der Waals surface area contributed by atoms with Crippen LogP contribution in [0.2, 0.25) is 5.02 Å². The van der Waals surface area contributed by atoms with Crippen molar-refractivity contribution in [3.05, 3.63) is 34.3 Å². The van der Waals surface area contributed by atoms with Crippen LogP contribution in [0.1, 0.15) is 49.0 Å². The first-order valence-corrected chi connectivity index (χ1v) is 7.25. The van der Waals surface area contributed by atoms with E-state index in [4.69, 9.17) is 16.4 Å². The fraction of sp³-hybridized carbons (Fsp3) is 0.562. The Hall–Kier alpha value is -1.06. The van der Waals surface area contributed by atoms with Gasteiger partial charge in [0, 0.05) is 17.6 Å². The molecule has 1 fully saturated rings. The van der Waals surface area contributed by atoms with E-state index in [0.717, 1.165) is 5.56 Å². The lowest BCUT2D eigenvalue weighted by molar-refractivity contribution is -0.0756. The lowest BCUT2D eigenvalue weighted by Crippen LogP contribution is -2.25. The molecule has 0 saturated heterocycles. The second-order valence-corrected chi connectivity index (χ2v) is 6.94. The maximum absolute atomic E-state index is 12.0. The molecule has 3 nitrogen and oxygen atoms in total. The zero-order valence-corrected chi connectivity index (χ0v) is 13.5. The summed E-state index contributed by atoms with van der Waals surface area (Å²) in [6, 6.07) is 5.55. The number of hydroxylamine groups is 2. The smallest absolute Gasteiger partial charge is 0.274 e. The lowest BCUT2D eigenvalue weighted by Gasteiger charge is -2.19. The average molecular weight is 296 g/mol. The highest BCUT2D eigenvalue weighted by Gasteiger charge is 2.46. The summed E-state index contributed by atoms with van der Waals surface area (Å²) in [4.78, 5) is 16.9. The standard InChI is InChI=1S/C16H22ClNO2/c1-16(2,3)13-9-12(13)11-7-6-10(8-14(11)17)15(19)18(4)20-5/h6-8,12-13H,9H2,1-5H3/t12-,13+/m0/s1. The Morgan fingerprint density at radius 3 is 2.50 bits per heavy atom. The normalized spacial score (nSPS) is 21.7. The van der Waals surface area contributed by atoms with Crippen molar-refractivity contribution in [3.63, 3.8) is 0 Å². The summed E-state index contributed by atoms with van der Waals surface area (Å²) in [6.07, 6.45) is 1.18. The van der Waals surface area contributed by atoms with Crippen molar-refractivity contribution in [3.8, 4) is 0 Å². The van der Waals surface area contributed by atoms with Crippen molar-refractivity contribution in [2.24, 2.45) is 11.3 Å². The van der Waals surface area contributed by atoms with Crippen LogP contribution in [-0.4, -0.2) is 25.1 Å². The van der Waals surface area contributed by atoms with Crippen molar-refractivity contribution in [2.45, 2.75) is 33.1 Å². The summed E-state index contributed by atoms with van der Waals surface area (Å²) in [5.41, 5.74) is 2.01. The summed E-state index contributed by atoms with van der Waals surface area (Å²) in [7, 11) is 3.05. The Kier molecular flexibility index (Phi) is 4.12. The minimum Gasteiger partial charge on any atom is -0.274 e. The zero-order chi connectivity index (χ0) is 15.1. The van der Waals surface area contributed by atoms with Gasteiger partial charge in [0.05, 0.1) is 7.11 Å². The van der Waals surface area contributed by atoms with E-state index in [0.29, 0.717) is 27.8 Å². The van der Waals surface area contributed by atoms with Gasteiger partial charge in [0.1, 0.15) is 0 Å². The quantitative estimate of drug-likeness (QED) is 0.785. The third-order valence-electron chi connectivity index (χ3n) is 4.11. The molecule has 0 heterocycles. The van der Waals surface area contributed by atoms with E-state index in [-0.39, 0.29) is 5.91 Å². The number of carbonyl (C=O) groups is 1. The van der Waals surface area contributed by atoms with Crippen LogP contribution in [0.4, 0.5) is 0 Å². The maximum Gasteiger partial charge on any atom is 0.277 e. The summed E-state index contributed by atoms with van der Waals surface area (Å²) < 4.78 is 0. The van der Waals surface area contributed by atoms with E-state index in [1.165, 1.54) is 18.6 Å². The first kappa shape index (κ1) is 15.3. The monoisotopic (exact) mass is 295 g/mol. The predicted molar refractivity (Wildman–Crippen MR) is 80.9 cm³/mol. The Morgan fingerprint density at radius 1 is 1.40 bits per heavy atom. The lowest BCUT2D eigenvalue weighted by atomic mass is 9.87. The molecule has 0 bridgehead atoms. The predicted octanol–water partition coefficient (Wildman–Crippen LogP) is 4.12. The topological polar surface area (TPSA) is 29.5 Å². The largest absolute Gasteiger partial charge is 0.277 e. The van der Waals surface area contributed by atoms with Gasteiger partial charge in [-0.2, -0.15) is 0 Å². The minimum atomic E-state index is -0.191. The Morgan fingerprint density at radius 2 is 2.05 bits per heavy atom. The number of carbonyl (C=O) groups excluding carboxylic acids is 1. The zero-order valence-electron chi connectivity index (χ0n) is 12.7. The first-order valence-electron chi connectivity index (χ1n) is 6.87. The third-order valence-corrected chi connectivity index (χ3v) is 4.44. The molecule has 0 aliphatic heterocycles. The van der Waals surface area contributed by atoms with Crippen molar-refractivity contribution in [2.75, 3.05) is 14.2 Å². The number of rotatable bonds is 3. The average Bonchev–Trinajstić information content (AvgIpc) is 3.16. The Labute approximate surface area is 125 Å². The molecule has 0 N–H and O–H groups in total. The number of halogens is 1. The van der Waals surface area contributed by atoms with Gasteiger partial charge >= 0.3 is 0 Å². The first-order chi connectivity index (χ1) is 9.25. The van der Waals surface area contributed by atoms with E-state index in [9.17, 15) is 4.79 Å². The number of hydrogen-bond donors (Lipinski definition) is 0. The van der Waals surface area contributed by atoms with Crippen LogP contribution >= 0.6 is 11.6 Å². The van der Waals surface area contributed by atoms with E-state index in [1.54, 1.807) is 13.1 Å². The molecule has 1 aliphatic carbocycles. The molecule has 4 heteroatoms.